The van der Waals surface area contributed by atoms with E-state index in [0.717, 1.165) is 13.1 Å². The Morgan fingerprint density at radius 1 is 1.23 bits per heavy atom. The third kappa shape index (κ3) is 11.7. The maximum Gasteiger partial charge on any atom is 0.0137 e. The first-order valence-corrected chi connectivity index (χ1v) is 5.11. The summed E-state index contributed by atoms with van der Waals surface area (Å²) in [5.74, 6) is 0. The number of hydrogen-bond donors (Lipinski definition) is 1. The third-order valence-corrected chi connectivity index (χ3v) is 1.86. The van der Waals surface area contributed by atoms with Crippen LogP contribution in [0.4, 0.5) is 0 Å². The second-order valence-corrected chi connectivity index (χ2v) is 4.00. The lowest BCUT2D eigenvalue weighted by atomic mass is 10.3. The van der Waals surface area contributed by atoms with Gasteiger partial charge in [-0.2, -0.15) is 0 Å². The van der Waals surface area contributed by atoms with Crippen LogP contribution < -0.4 is 5.32 Å². The van der Waals surface area contributed by atoms with E-state index < -0.39 is 0 Å². The van der Waals surface area contributed by atoms with E-state index in [1.165, 1.54) is 25.0 Å². The topological polar surface area (TPSA) is 15.3 Å². The minimum Gasteiger partial charge on any atom is -0.313 e. The molecular weight excluding hydrogens is 160 g/mol. The van der Waals surface area contributed by atoms with Gasteiger partial charge in [0.1, 0.15) is 0 Å². The molecule has 0 unspecified atom stereocenters. The van der Waals surface area contributed by atoms with Crippen molar-refractivity contribution in [3.8, 4) is 0 Å². The molecule has 0 atom stereocenters. The molecular formula is C11H24N2. The Morgan fingerprint density at radius 3 is 2.46 bits per heavy atom. The van der Waals surface area contributed by atoms with Crippen molar-refractivity contribution in [2.75, 3.05) is 33.7 Å². The van der Waals surface area contributed by atoms with Crippen LogP contribution in [0.15, 0.2) is 11.6 Å². The lowest BCUT2D eigenvalue weighted by Gasteiger charge is -2.08. The van der Waals surface area contributed by atoms with Gasteiger partial charge in [-0.15, -0.1) is 0 Å². The zero-order valence-corrected chi connectivity index (χ0v) is 9.56. The first-order chi connectivity index (χ1) is 6.13. The SMILES string of the molecule is CC(C)=CCNCCCCN(C)C. The zero-order valence-electron chi connectivity index (χ0n) is 9.56. The van der Waals surface area contributed by atoms with Crippen molar-refractivity contribution in [2.24, 2.45) is 0 Å². The highest BCUT2D eigenvalue weighted by Gasteiger charge is 1.90. The maximum absolute atomic E-state index is 3.40. The van der Waals surface area contributed by atoms with Gasteiger partial charge in [0.2, 0.25) is 0 Å². The fourth-order valence-corrected chi connectivity index (χ4v) is 1.06. The van der Waals surface area contributed by atoms with Gasteiger partial charge in [-0.1, -0.05) is 11.6 Å². The van der Waals surface area contributed by atoms with Gasteiger partial charge in [0.05, 0.1) is 0 Å². The molecule has 0 aromatic carbocycles. The average molecular weight is 184 g/mol. The van der Waals surface area contributed by atoms with E-state index in [-0.39, 0.29) is 0 Å². The van der Waals surface area contributed by atoms with Gasteiger partial charge in [-0.25, -0.2) is 0 Å². The Hall–Kier alpha value is -0.340. The summed E-state index contributed by atoms with van der Waals surface area (Å²) in [5, 5.41) is 3.40. The predicted octanol–water partition coefficient (Wildman–Crippen LogP) is 1.88. The van der Waals surface area contributed by atoms with Crippen molar-refractivity contribution in [3.63, 3.8) is 0 Å². The molecule has 0 fully saturated rings. The van der Waals surface area contributed by atoms with Crippen LogP contribution in [0.1, 0.15) is 26.7 Å². The van der Waals surface area contributed by atoms with Crippen molar-refractivity contribution < 1.29 is 0 Å². The third-order valence-electron chi connectivity index (χ3n) is 1.86. The highest BCUT2D eigenvalue weighted by molar-refractivity contribution is 4.94. The molecule has 0 spiro atoms. The summed E-state index contributed by atoms with van der Waals surface area (Å²) in [6.45, 7) is 7.62. The largest absolute Gasteiger partial charge is 0.313 e. The number of unbranched alkanes of at least 4 members (excludes halogenated alkanes) is 1. The second-order valence-electron chi connectivity index (χ2n) is 4.00. The number of nitrogens with zero attached hydrogens (tertiary/aromatic N) is 1. The molecule has 13 heavy (non-hydrogen) atoms. The Bertz CT molecular complexity index is 135. The highest BCUT2D eigenvalue weighted by atomic mass is 15.0. The van der Waals surface area contributed by atoms with Crippen molar-refractivity contribution >= 4 is 0 Å². The van der Waals surface area contributed by atoms with E-state index in [1.54, 1.807) is 0 Å². The Labute approximate surface area is 83.0 Å². The van der Waals surface area contributed by atoms with Crippen LogP contribution in [0, 0.1) is 0 Å². The normalized spacial score (nSPS) is 10.5. The van der Waals surface area contributed by atoms with E-state index in [0.29, 0.717) is 0 Å². The molecule has 0 aliphatic rings. The molecule has 0 radical (unpaired) electrons. The van der Waals surface area contributed by atoms with Crippen molar-refractivity contribution in [2.45, 2.75) is 26.7 Å². The molecule has 0 aliphatic carbocycles. The van der Waals surface area contributed by atoms with Crippen LogP contribution in [0.25, 0.3) is 0 Å². The van der Waals surface area contributed by atoms with Crippen LogP contribution in [0.2, 0.25) is 0 Å². The number of hydrogen-bond acceptors (Lipinski definition) is 2. The number of nitrogens with one attached hydrogen (secondary N) is 1. The molecule has 78 valence electrons. The zero-order chi connectivity index (χ0) is 10.1. The monoisotopic (exact) mass is 184 g/mol. The van der Waals surface area contributed by atoms with Gasteiger partial charge in [-0.3, -0.25) is 0 Å². The molecule has 0 heterocycles. The fraction of sp³-hybridized carbons (Fsp3) is 0.818. The number of allylic oxidation sites excluding steroid dienone is 1. The molecule has 0 aromatic rings. The van der Waals surface area contributed by atoms with Crippen LogP contribution in [0.3, 0.4) is 0 Å². The van der Waals surface area contributed by atoms with E-state index in [2.05, 4.69) is 44.2 Å². The maximum atomic E-state index is 3.40. The van der Waals surface area contributed by atoms with E-state index in [9.17, 15) is 0 Å². The van der Waals surface area contributed by atoms with Crippen LogP contribution >= 0.6 is 0 Å². The Morgan fingerprint density at radius 2 is 1.92 bits per heavy atom. The Kier molecular flexibility index (Phi) is 8.05. The highest BCUT2D eigenvalue weighted by Crippen LogP contribution is 1.89. The summed E-state index contributed by atoms with van der Waals surface area (Å²) >= 11 is 0. The van der Waals surface area contributed by atoms with Crippen molar-refractivity contribution in [1.82, 2.24) is 10.2 Å². The van der Waals surface area contributed by atoms with E-state index in [1.807, 2.05) is 0 Å². The van der Waals surface area contributed by atoms with Gasteiger partial charge in [0.25, 0.3) is 0 Å². The average Bonchev–Trinajstić information content (AvgIpc) is 2.01. The number of rotatable bonds is 7. The summed E-state index contributed by atoms with van der Waals surface area (Å²) in [6.07, 6.45) is 4.79. The van der Waals surface area contributed by atoms with Crippen LogP contribution in [-0.4, -0.2) is 38.6 Å². The van der Waals surface area contributed by atoms with Gasteiger partial charge in [0.15, 0.2) is 0 Å². The van der Waals surface area contributed by atoms with E-state index in [4.69, 9.17) is 0 Å². The lowest BCUT2D eigenvalue weighted by Crippen LogP contribution is -2.18. The van der Waals surface area contributed by atoms with Gasteiger partial charge < -0.3 is 10.2 Å². The van der Waals surface area contributed by atoms with Crippen LogP contribution in [-0.2, 0) is 0 Å². The summed E-state index contributed by atoms with van der Waals surface area (Å²) in [6, 6.07) is 0. The predicted molar refractivity (Wildman–Crippen MR) is 60.1 cm³/mol. The standard InChI is InChI=1S/C11H24N2/c1-11(2)7-9-12-8-5-6-10-13(3)4/h7,12H,5-6,8-10H2,1-4H3. The molecule has 0 saturated carbocycles. The van der Waals surface area contributed by atoms with E-state index >= 15 is 0 Å². The summed E-state index contributed by atoms with van der Waals surface area (Å²) in [4.78, 5) is 2.23. The first-order valence-electron chi connectivity index (χ1n) is 5.11. The van der Waals surface area contributed by atoms with Crippen molar-refractivity contribution in [1.29, 1.82) is 0 Å². The van der Waals surface area contributed by atoms with Gasteiger partial charge in [-0.05, 0) is 53.9 Å². The molecule has 0 aromatic heterocycles. The molecule has 2 heteroatoms. The minimum absolute atomic E-state index is 1.02. The molecule has 2 nitrogen and oxygen atoms in total. The summed E-state index contributed by atoms with van der Waals surface area (Å²) in [5.41, 5.74) is 1.39. The van der Waals surface area contributed by atoms with Gasteiger partial charge >= 0.3 is 0 Å². The molecule has 1 N–H and O–H groups in total. The quantitative estimate of drug-likeness (QED) is 0.480. The van der Waals surface area contributed by atoms with Gasteiger partial charge in [0, 0.05) is 6.54 Å². The second kappa shape index (κ2) is 8.27. The lowest BCUT2D eigenvalue weighted by molar-refractivity contribution is 0.392. The molecule has 0 rings (SSSR count). The van der Waals surface area contributed by atoms with Crippen molar-refractivity contribution in [3.05, 3.63) is 11.6 Å². The fourth-order valence-electron chi connectivity index (χ4n) is 1.06. The summed E-state index contributed by atoms with van der Waals surface area (Å²) in [7, 11) is 4.24. The van der Waals surface area contributed by atoms with Crippen LogP contribution in [0.5, 0.6) is 0 Å². The molecule has 0 saturated heterocycles. The molecule has 0 amide bonds. The first kappa shape index (κ1) is 12.7. The molecule has 0 aliphatic heterocycles. The summed E-state index contributed by atoms with van der Waals surface area (Å²) < 4.78 is 0. The Balaban J connectivity index is 3.04. The minimum atomic E-state index is 1.02. The smallest absolute Gasteiger partial charge is 0.0137 e. The molecule has 0 bridgehead atoms.